The highest BCUT2D eigenvalue weighted by molar-refractivity contribution is 6.10. The molecule has 0 aliphatic heterocycles. The molecule has 0 aliphatic carbocycles. The molecule has 0 fully saturated rings. The van der Waals surface area contributed by atoms with Crippen LogP contribution >= 0.6 is 0 Å². The minimum atomic E-state index is -1.18. The SMILES string of the molecule is CCC(C)NC(=O)C(C)(C)C(=O)Nc1ccc(C(C)=O)cc1. The van der Waals surface area contributed by atoms with Crippen molar-refractivity contribution in [2.75, 3.05) is 5.32 Å². The van der Waals surface area contributed by atoms with Gasteiger partial charge in [0.05, 0.1) is 0 Å². The van der Waals surface area contributed by atoms with Gasteiger partial charge in [-0.1, -0.05) is 6.92 Å². The van der Waals surface area contributed by atoms with Crippen molar-refractivity contribution < 1.29 is 14.4 Å². The maximum Gasteiger partial charge on any atom is 0.239 e. The minimum absolute atomic E-state index is 0.0226. The third-order valence-corrected chi connectivity index (χ3v) is 3.67. The molecule has 120 valence electrons. The highest BCUT2D eigenvalue weighted by atomic mass is 16.2. The number of amides is 2. The molecule has 0 aliphatic rings. The van der Waals surface area contributed by atoms with E-state index in [0.717, 1.165) is 6.42 Å². The van der Waals surface area contributed by atoms with E-state index in [9.17, 15) is 14.4 Å². The van der Waals surface area contributed by atoms with Crippen molar-refractivity contribution in [3.63, 3.8) is 0 Å². The number of rotatable bonds is 6. The van der Waals surface area contributed by atoms with Crippen LogP contribution in [0.5, 0.6) is 0 Å². The smallest absolute Gasteiger partial charge is 0.239 e. The average Bonchev–Trinajstić information content (AvgIpc) is 2.47. The van der Waals surface area contributed by atoms with E-state index in [1.54, 1.807) is 38.1 Å². The molecule has 1 aromatic carbocycles. The number of nitrogens with one attached hydrogen (secondary N) is 2. The summed E-state index contributed by atoms with van der Waals surface area (Å²) in [4.78, 5) is 35.7. The lowest BCUT2D eigenvalue weighted by Gasteiger charge is -2.24. The van der Waals surface area contributed by atoms with Crippen molar-refractivity contribution in [2.24, 2.45) is 5.41 Å². The first-order valence-corrected chi connectivity index (χ1v) is 7.42. The van der Waals surface area contributed by atoms with E-state index >= 15 is 0 Å². The summed E-state index contributed by atoms with van der Waals surface area (Å²) in [5.74, 6) is -0.727. The van der Waals surface area contributed by atoms with Gasteiger partial charge in [0.2, 0.25) is 11.8 Å². The van der Waals surface area contributed by atoms with Gasteiger partial charge >= 0.3 is 0 Å². The molecule has 1 atom stereocenters. The molecule has 0 aromatic heterocycles. The summed E-state index contributed by atoms with van der Waals surface area (Å²) in [5.41, 5.74) is -0.0472. The van der Waals surface area contributed by atoms with Crippen LogP contribution in [0.15, 0.2) is 24.3 Å². The zero-order valence-corrected chi connectivity index (χ0v) is 13.8. The first-order chi connectivity index (χ1) is 10.2. The molecule has 0 bridgehead atoms. The molecule has 2 amide bonds. The minimum Gasteiger partial charge on any atom is -0.353 e. The molecule has 1 unspecified atom stereocenters. The fourth-order valence-corrected chi connectivity index (χ4v) is 1.69. The van der Waals surface area contributed by atoms with Gasteiger partial charge in [-0.05, 0) is 58.4 Å². The number of hydrogen-bond donors (Lipinski definition) is 2. The van der Waals surface area contributed by atoms with Crippen LogP contribution in [0.4, 0.5) is 5.69 Å². The van der Waals surface area contributed by atoms with Gasteiger partial charge in [-0.2, -0.15) is 0 Å². The predicted molar refractivity (Wildman–Crippen MR) is 86.8 cm³/mol. The second-order valence-corrected chi connectivity index (χ2v) is 6.00. The monoisotopic (exact) mass is 304 g/mol. The quantitative estimate of drug-likeness (QED) is 0.627. The maximum absolute atomic E-state index is 12.3. The molecule has 1 aromatic rings. The van der Waals surface area contributed by atoms with Crippen LogP contribution in [0.1, 0.15) is 51.4 Å². The van der Waals surface area contributed by atoms with E-state index in [4.69, 9.17) is 0 Å². The zero-order chi connectivity index (χ0) is 16.9. The third kappa shape index (κ3) is 4.41. The summed E-state index contributed by atoms with van der Waals surface area (Å²) in [5, 5.41) is 5.53. The highest BCUT2D eigenvalue weighted by Gasteiger charge is 2.36. The van der Waals surface area contributed by atoms with E-state index in [1.807, 2.05) is 13.8 Å². The standard InChI is InChI=1S/C17H24N2O3/c1-6-11(2)18-15(21)17(4,5)16(22)19-14-9-7-13(8-10-14)12(3)20/h7-11H,6H2,1-5H3,(H,18,21)(H,19,22). The maximum atomic E-state index is 12.3. The van der Waals surface area contributed by atoms with E-state index in [-0.39, 0.29) is 23.6 Å². The summed E-state index contributed by atoms with van der Waals surface area (Å²) in [6, 6.07) is 6.61. The molecule has 0 radical (unpaired) electrons. The highest BCUT2D eigenvalue weighted by Crippen LogP contribution is 2.20. The molecule has 0 saturated heterocycles. The molecule has 22 heavy (non-hydrogen) atoms. The van der Waals surface area contributed by atoms with Crippen molar-refractivity contribution in [1.29, 1.82) is 0 Å². The van der Waals surface area contributed by atoms with E-state index in [2.05, 4.69) is 10.6 Å². The van der Waals surface area contributed by atoms with Gasteiger partial charge in [-0.3, -0.25) is 14.4 Å². The van der Waals surface area contributed by atoms with Crippen LogP contribution in [-0.4, -0.2) is 23.6 Å². The third-order valence-electron chi connectivity index (χ3n) is 3.67. The predicted octanol–water partition coefficient (Wildman–Crippen LogP) is 2.77. The molecule has 5 nitrogen and oxygen atoms in total. The Bertz CT molecular complexity index is 562. The normalized spacial score (nSPS) is 12.4. The van der Waals surface area contributed by atoms with Gasteiger partial charge in [0.25, 0.3) is 0 Å². The number of ketones is 1. The van der Waals surface area contributed by atoms with Gasteiger partial charge in [-0.25, -0.2) is 0 Å². The van der Waals surface area contributed by atoms with Crippen LogP contribution in [-0.2, 0) is 9.59 Å². The van der Waals surface area contributed by atoms with Crippen molar-refractivity contribution in [3.8, 4) is 0 Å². The average molecular weight is 304 g/mol. The number of carbonyl (C=O) groups excluding carboxylic acids is 3. The summed E-state index contributed by atoms with van der Waals surface area (Å²) >= 11 is 0. The molecule has 5 heteroatoms. The number of carbonyl (C=O) groups is 3. The Morgan fingerprint density at radius 2 is 1.64 bits per heavy atom. The van der Waals surface area contributed by atoms with Crippen molar-refractivity contribution in [2.45, 2.75) is 47.1 Å². The summed E-state index contributed by atoms with van der Waals surface area (Å²) < 4.78 is 0. The van der Waals surface area contributed by atoms with Crippen LogP contribution in [0, 0.1) is 5.41 Å². The lowest BCUT2D eigenvalue weighted by molar-refractivity contribution is -0.138. The van der Waals surface area contributed by atoms with Crippen LogP contribution in [0.25, 0.3) is 0 Å². The molecule has 2 N–H and O–H groups in total. The lowest BCUT2D eigenvalue weighted by atomic mass is 9.90. The van der Waals surface area contributed by atoms with Crippen LogP contribution < -0.4 is 10.6 Å². The Morgan fingerprint density at radius 3 is 2.09 bits per heavy atom. The largest absolute Gasteiger partial charge is 0.353 e. The number of Topliss-reactive ketones (excluding diaryl/α,β-unsaturated/α-hetero) is 1. The molecule has 1 rings (SSSR count). The van der Waals surface area contributed by atoms with Crippen molar-refractivity contribution in [3.05, 3.63) is 29.8 Å². The summed E-state index contributed by atoms with van der Waals surface area (Å²) in [7, 11) is 0. The molecule has 0 saturated carbocycles. The Morgan fingerprint density at radius 1 is 1.09 bits per heavy atom. The van der Waals surface area contributed by atoms with Gasteiger partial charge in [0.15, 0.2) is 5.78 Å². The second kappa shape index (κ2) is 7.20. The van der Waals surface area contributed by atoms with Crippen LogP contribution in [0.3, 0.4) is 0 Å². The Labute approximate surface area is 131 Å². The van der Waals surface area contributed by atoms with Gasteiger partial charge in [0, 0.05) is 17.3 Å². The molecule has 0 heterocycles. The fraction of sp³-hybridized carbons (Fsp3) is 0.471. The number of anilines is 1. The first-order valence-electron chi connectivity index (χ1n) is 7.42. The Kier molecular flexibility index (Phi) is 5.85. The van der Waals surface area contributed by atoms with E-state index < -0.39 is 5.41 Å². The Hall–Kier alpha value is -2.17. The van der Waals surface area contributed by atoms with E-state index in [0.29, 0.717) is 11.3 Å². The Balaban J connectivity index is 2.77. The molecule has 0 spiro atoms. The summed E-state index contributed by atoms with van der Waals surface area (Å²) in [6.07, 6.45) is 0.802. The fourth-order valence-electron chi connectivity index (χ4n) is 1.69. The van der Waals surface area contributed by atoms with E-state index in [1.165, 1.54) is 6.92 Å². The summed E-state index contributed by atoms with van der Waals surface area (Å²) in [6.45, 7) is 8.52. The second-order valence-electron chi connectivity index (χ2n) is 6.00. The van der Waals surface area contributed by atoms with Crippen LogP contribution in [0.2, 0.25) is 0 Å². The number of hydrogen-bond acceptors (Lipinski definition) is 3. The number of benzene rings is 1. The first kappa shape index (κ1) is 17.9. The van der Waals surface area contributed by atoms with Gasteiger partial charge in [0.1, 0.15) is 5.41 Å². The zero-order valence-electron chi connectivity index (χ0n) is 13.8. The van der Waals surface area contributed by atoms with Gasteiger partial charge < -0.3 is 10.6 Å². The van der Waals surface area contributed by atoms with Crippen molar-refractivity contribution in [1.82, 2.24) is 5.32 Å². The van der Waals surface area contributed by atoms with Crippen molar-refractivity contribution >= 4 is 23.3 Å². The molecular formula is C17H24N2O3. The lowest BCUT2D eigenvalue weighted by Crippen LogP contribution is -2.47. The molecular weight excluding hydrogens is 280 g/mol. The topological polar surface area (TPSA) is 75.3 Å². The van der Waals surface area contributed by atoms with Gasteiger partial charge in [-0.15, -0.1) is 0 Å².